The number of nitrogens with zero attached hydrogens (tertiary/aromatic N) is 2. The van der Waals surface area contributed by atoms with Gasteiger partial charge in [-0.2, -0.15) is 0 Å². The Morgan fingerprint density at radius 2 is 2.20 bits per heavy atom. The Labute approximate surface area is 134 Å². The van der Waals surface area contributed by atoms with Gasteiger partial charge >= 0.3 is 0 Å². The van der Waals surface area contributed by atoms with Crippen molar-refractivity contribution in [3.8, 4) is 0 Å². The van der Waals surface area contributed by atoms with Crippen molar-refractivity contribution in [2.24, 2.45) is 0 Å². The van der Waals surface area contributed by atoms with Gasteiger partial charge in [0, 0.05) is 29.2 Å². The lowest BCUT2D eigenvalue weighted by Gasteiger charge is -2.42. The Bertz CT molecular complexity index is 453. The third-order valence-electron chi connectivity index (χ3n) is 3.40. The zero-order valence-electron chi connectivity index (χ0n) is 13.1. The van der Waals surface area contributed by atoms with Crippen molar-refractivity contribution in [3.63, 3.8) is 0 Å². The van der Waals surface area contributed by atoms with E-state index >= 15 is 0 Å². The van der Waals surface area contributed by atoms with Crippen LogP contribution >= 0.6 is 27.3 Å². The van der Waals surface area contributed by atoms with E-state index in [-0.39, 0.29) is 17.1 Å². The molecule has 1 aliphatic rings. The third-order valence-corrected chi connectivity index (χ3v) is 4.96. The lowest BCUT2D eigenvalue weighted by Crippen LogP contribution is -2.52. The van der Waals surface area contributed by atoms with Crippen LogP contribution in [0.3, 0.4) is 0 Å². The quantitative estimate of drug-likeness (QED) is 0.766. The Morgan fingerprint density at radius 1 is 1.50 bits per heavy atom. The molecule has 0 aromatic carbocycles. The van der Waals surface area contributed by atoms with Gasteiger partial charge in [-0.1, -0.05) is 36.7 Å². The van der Waals surface area contributed by atoms with Crippen molar-refractivity contribution < 1.29 is 4.74 Å². The maximum atomic E-state index is 6.04. The number of rotatable bonds is 3. The van der Waals surface area contributed by atoms with Crippen LogP contribution in [0.1, 0.15) is 45.3 Å². The van der Waals surface area contributed by atoms with Gasteiger partial charge in [0.2, 0.25) is 0 Å². The molecule has 2 rings (SSSR count). The maximum absolute atomic E-state index is 6.04. The summed E-state index contributed by atoms with van der Waals surface area (Å²) >= 11 is 5.31. The van der Waals surface area contributed by atoms with E-state index in [1.807, 2.05) is 0 Å². The second-order valence-corrected chi connectivity index (χ2v) is 8.79. The van der Waals surface area contributed by atoms with Gasteiger partial charge in [0.05, 0.1) is 23.9 Å². The first-order chi connectivity index (χ1) is 9.19. The Morgan fingerprint density at radius 3 is 2.75 bits per heavy atom. The van der Waals surface area contributed by atoms with Crippen molar-refractivity contribution in [1.29, 1.82) is 0 Å². The molecular formula is C15H25BrN2OS. The summed E-state index contributed by atoms with van der Waals surface area (Å²) < 4.78 is 6.04. The van der Waals surface area contributed by atoms with E-state index < -0.39 is 0 Å². The zero-order chi connectivity index (χ0) is 15.0. The normalized spacial score (nSPS) is 24.0. The molecule has 1 fully saturated rings. The first kappa shape index (κ1) is 16.4. The second-order valence-electron chi connectivity index (χ2n) is 7.20. The standard InChI is InChI=1S/C15H25BrN2OS/c1-14(2,3)12-9-20-13(17-12)8-18-7-11(6-16)19-15(4,5)10-18/h9,11H,6-8,10H2,1-5H3. The monoisotopic (exact) mass is 360 g/mol. The average molecular weight is 361 g/mol. The Kier molecular flexibility index (Phi) is 4.95. The summed E-state index contributed by atoms with van der Waals surface area (Å²) in [5, 5.41) is 4.29. The van der Waals surface area contributed by atoms with Crippen LogP contribution in [-0.4, -0.2) is 40.0 Å². The minimum atomic E-state index is -0.0825. The van der Waals surface area contributed by atoms with E-state index in [1.54, 1.807) is 11.3 Å². The summed E-state index contributed by atoms with van der Waals surface area (Å²) in [7, 11) is 0. The molecule has 1 aromatic rings. The topological polar surface area (TPSA) is 25.4 Å². The van der Waals surface area contributed by atoms with Crippen molar-refractivity contribution in [3.05, 3.63) is 16.1 Å². The van der Waals surface area contributed by atoms with Crippen LogP contribution < -0.4 is 0 Å². The van der Waals surface area contributed by atoms with E-state index in [9.17, 15) is 0 Å². The van der Waals surface area contributed by atoms with Gasteiger partial charge in [-0.25, -0.2) is 4.98 Å². The van der Waals surface area contributed by atoms with E-state index in [0.29, 0.717) is 0 Å². The average Bonchev–Trinajstić information content (AvgIpc) is 2.75. The molecule has 114 valence electrons. The number of ether oxygens (including phenoxy) is 1. The summed E-state index contributed by atoms with van der Waals surface area (Å²) in [6.07, 6.45) is 0.265. The third kappa shape index (κ3) is 4.26. The van der Waals surface area contributed by atoms with Crippen LogP contribution in [0.4, 0.5) is 0 Å². The van der Waals surface area contributed by atoms with Crippen molar-refractivity contribution in [1.82, 2.24) is 9.88 Å². The summed E-state index contributed by atoms with van der Waals surface area (Å²) in [5.41, 5.74) is 1.25. The predicted octanol–water partition coefficient (Wildman–Crippen LogP) is 3.81. The number of alkyl halides is 1. The summed E-state index contributed by atoms with van der Waals surface area (Å²) in [5.74, 6) is 0. The molecule has 3 nitrogen and oxygen atoms in total. The van der Waals surface area contributed by atoms with Crippen LogP contribution in [0.25, 0.3) is 0 Å². The number of hydrogen-bond donors (Lipinski definition) is 0. The number of aromatic nitrogens is 1. The molecule has 0 aliphatic carbocycles. The van der Waals surface area contributed by atoms with E-state index in [4.69, 9.17) is 9.72 Å². The molecule has 1 atom stereocenters. The molecule has 5 heteroatoms. The summed E-state index contributed by atoms with van der Waals surface area (Å²) in [4.78, 5) is 7.26. The van der Waals surface area contributed by atoms with Gasteiger partial charge in [-0.05, 0) is 13.8 Å². The van der Waals surface area contributed by atoms with E-state index in [1.165, 1.54) is 10.7 Å². The van der Waals surface area contributed by atoms with Gasteiger partial charge in [0.25, 0.3) is 0 Å². The van der Waals surface area contributed by atoms with Crippen LogP contribution in [0, 0.1) is 0 Å². The molecule has 1 aliphatic heterocycles. The molecule has 2 heterocycles. The Balaban J connectivity index is 2.04. The molecular weight excluding hydrogens is 336 g/mol. The fourth-order valence-corrected chi connectivity index (χ4v) is 3.94. The van der Waals surface area contributed by atoms with E-state index in [2.05, 4.69) is 60.8 Å². The van der Waals surface area contributed by atoms with Gasteiger partial charge in [-0.3, -0.25) is 4.90 Å². The highest BCUT2D eigenvalue weighted by Gasteiger charge is 2.33. The smallest absolute Gasteiger partial charge is 0.107 e. The number of morpholine rings is 1. The molecule has 0 saturated carbocycles. The molecule has 1 unspecified atom stereocenters. The SMILES string of the molecule is CC1(C)CN(Cc2nc(C(C)(C)C)cs2)CC(CBr)O1. The molecule has 1 aromatic heterocycles. The second kappa shape index (κ2) is 6.03. The lowest BCUT2D eigenvalue weighted by molar-refractivity contribution is -0.128. The van der Waals surface area contributed by atoms with Crippen LogP contribution in [-0.2, 0) is 16.7 Å². The maximum Gasteiger partial charge on any atom is 0.107 e. The molecule has 1 saturated heterocycles. The Hall–Kier alpha value is 0.0300. The number of thiazole rings is 1. The molecule has 0 bridgehead atoms. The lowest BCUT2D eigenvalue weighted by atomic mass is 9.93. The zero-order valence-corrected chi connectivity index (χ0v) is 15.5. The largest absolute Gasteiger partial charge is 0.369 e. The summed E-state index contributed by atoms with van der Waals surface area (Å²) in [6.45, 7) is 13.8. The van der Waals surface area contributed by atoms with Gasteiger partial charge < -0.3 is 4.74 Å². The highest BCUT2D eigenvalue weighted by Crippen LogP contribution is 2.27. The summed E-state index contributed by atoms with van der Waals surface area (Å²) in [6, 6.07) is 0. The first-order valence-electron chi connectivity index (χ1n) is 7.11. The fraction of sp³-hybridized carbons (Fsp3) is 0.800. The van der Waals surface area contributed by atoms with Crippen molar-refractivity contribution in [2.45, 2.75) is 58.3 Å². The van der Waals surface area contributed by atoms with Crippen LogP contribution in [0.15, 0.2) is 5.38 Å². The molecule has 0 spiro atoms. The van der Waals surface area contributed by atoms with Gasteiger partial charge in [-0.15, -0.1) is 11.3 Å². The molecule has 20 heavy (non-hydrogen) atoms. The number of hydrogen-bond acceptors (Lipinski definition) is 4. The van der Waals surface area contributed by atoms with E-state index in [0.717, 1.165) is 25.0 Å². The highest BCUT2D eigenvalue weighted by atomic mass is 79.9. The molecule has 0 amide bonds. The fourth-order valence-electron chi connectivity index (χ4n) is 2.54. The van der Waals surface area contributed by atoms with Gasteiger partial charge in [0.15, 0.2) is 0 Å². The van der Waals surface area contributed by atoms with Crippen LogP contribution in [0.2, 0.25) is 0 Å². The van der Waals surface area contributed by atoms with Crippen molar-refractivity contribution >= 4 is 27.3 Å². The van der Waals surface area contributed by atoms with Crippen LogP contribution in [0.5, 0.6) is 0 Å². The first-order valence-corrected chi connectivity index (χ1v) is 9.11. The molecule has 0 N–H and O–H groups in total. The minimum absolute atomic E-state index is 0.0825. The molecule has 0 radical (unpaired) electrons. The number of halogens is 1. The minimum Gasteiger partial charge on any atom is -0.369 e. The van der Waals surface area contributed by atoms with Crippen molar-refractivity contribution in [2.75, 3.05) is 18.4 Å². The highest BCUT2D eigenvalue weighted by molar-refractivity contribution is 9.09. The van der Waals surface area contributed by atoms with Gasteiger partial charge in [0.1, 0.15) is 5.01 Å². The predicted molar refractivity (Wildman–Crippen MR) is 88.8 cm³/mol.